The van der Waals surface area contributed by atoms with Crippen LogP contribution >= 0.6 is 0 Å². The average Bonchev–Trinajstić information content (AvgIpc) is 3.67. The second kappa shape index (κ2) is 10.3. The number of aromatic nitrogens is 1. The first-order valence-corrected chi connectivity index (χ1v) is 13.4. The van der Waals surface area contributed by atoms with Crippen LogP contribution in [-0.4, -0.2) is 28.7 Å². The first kappa shape index (κ1) is 24.9. The quantitative estimate of drug-likeness (QED) is 0.358. The van der Waals surface area contributed by atoms with E-state index in [1.165, 1.54) is 0 Å². The highest BCUT2D eigenvalue weighted by Gasteiger charge is 2.31. The molecule has 7 nitrogen and oxygen atoms in total. The van der Waals surface area contributed by atoms with Crippen molar-refractivity contribution in [2.45, 2.75) is 77.5 Å². The zero-order valence-electron chi connectivity index (χ0n) is 21.7. The van der Waals surface area contributed by atoms with Gasteiger partial charge in [-0.15, -0.1) is 0 Å². The fraction of sp³-hybridized carbons (Fsp3) is 0.433. The number of benzene rings is 2. The topological polar surface area (TPSA) is 96.2 Å². The molecular weight excluding hydrogens is 464 g/mol. The van der Waals surface area contributed by atoms with Gasteiger partial charge in [0.05, 0.1) is 16.8 Å². The Kier molecular flexibility index (Phi) is 6.92. The molecule has 2 aliphatic rings. The molecule has 0 radical (unpaired) electrons. The third kappa shape index (κ3) is 5.06. The number of nitrogens with zero attached hydrogens (tertiary/aromatic N) is 2. The summed E-state index contributed by atoms with van der Waals surface area (Å²) >= 11 is 0. The van der Waals surface area contributed by atoms with Crippen LogP contribution in [0.4, 0.5) is 10.5 Å². The summed E-state index contributed by atoms with van der Waals surface area (Å²) in [7, 11) is 0. The van der Waals surface area contributed by atoms with Crippen molar-refractivity contribution in [3.63, 3.8) is 0 Å². The number of hydrogen-bond donors (Lipinski definition) is 2. The largest absolute Gasteiger partial charge is 0.446 e. The molecule has 3 aromatic rings. The smallest absolute Gasteiger partial charge is 0.411 e. The Balaban J connectivity index is 1.48. The maximum atomic E-state index is 12.9. The van der Waals surface area contributed by atoms with Crippen LogP contribution in [0.5, 0.6) is 0 Å². The van der Waals surface area contributed by atoms with Crippen molar-refractivity contribution in [3.05, 3.63) is 53.6 Å². The van der Waals surface area contributed by atoms with Gasteiger partial charge in [-0.25, -0.2) is 4.79 Å². The lowest BCUT2D eigenvalue weighted by molar-refractivity contribution is 0.0939. The van der Waals surface area contributed by atoms with E-state index in [4.69, 9.17) is 4.74 Å². The fourth-order valence-corrected chi connectivity index (χ4v) is 4.97. The number of rotatable bonds is 8. The molecule has 2 saturated carbocycles. The average molecular weight is 499 g/mol. The van der Waals surface area contributed by atoms with E-state index < -0.39 is 6.09 Å². The molecule has 2 atom stereocenters. The molecular formula is C30H34N4O3. The molecule has 1 heterocycles. The lowest BCUT2D eigenvalue weighted by Gasteiger charge is -2.30. The van der Waals surface area contributed by atoms with Crippen molar-refractivity contribution in [1.29, 1.82) is 5.26 Å². The maximum Gasteiger partial charge on any atom is 0.411 e. The van der Waals surface area contributed by atoms with Crippen LogP contribution in [0.15, 0.2) is 42.5 Å². The Morgan fingerprint density at radius 2 is 1.84 bits per heavy atom. The third-order valence-corrected chi connectivity index (χ3v) is 7.79. The second-order valence-electron chi connectivity index (χ2n) is 10.5. The number of nitrogens with one attached hydrogen (secondary N) is 2. The molecule has 192 valence electrons. The molecule has 5 rings (SSSR count). The van der Waals surface area contributed by atoms with E-state index in [0.717, 1.165) is 60.7 Å². The summed E-state index contributed by atoms with van der Waals surface area (Å²) in [4.78, 5) is 25.1. The van der Waals surface area contributed by atoms with E-state index in [1.54, 1.807) is 6.07 Å². The maximum absolute atomic E-state index is 12.9. The number of amides is 2. The van der Waals surface area contributed by atoms with E-state index in [-0.39, 0.29) is 24.1 Å². The van der Waals surface area contributed by atoms with Gasteiger partial charge < -0.3 is 14.6 Å². The highest BCUT2D eigenvalue weighted by atomic mass is 16.6. The van der Waals surface area contributed by atoms with Crippen molar-refractivity contribution in [2.75, 3.05) is 5.32 Å². The van der Waals surface area contributed by atoms with Crippen LogP contribution in [0.3, 0.4) is 0 Å². The van der Waals surface area contributed by atoms with Gasteiger partial charge in [0.2, 0.25) is 0 Å². The molecule has 2 aliphatic carbocycles. The summed E-state index contributed by atoms with van der Waals surface area (Å²) in [6.07, 6.45) is 5.78. The van der Waals surface area contributed by atoms with Gasteiger partial charge in [-0.3, -0.25) is 10.1 Å². The van der Waals surface area contributed by atoms with E-state index in [1.807, 2.05) is 57.2 Å². The molecule has 1 unspecified atom stereocenters. The van der Waals surface area contributed by atoms with Gasteiger partial charge >= 0.3 is 6.09 Å². The van der Waals surface area contributed by atoms with Gasteiger partial charge in [-0.2, -0.15) is 5.26 Å². The summed E-state index contributed by atoms with van der Waals surface area (Å²) in [6.45, 7) is 5.97. The molecule has 0 saturated heterocycles. The highest BCUT2D eigenvalue weighted by molar-refractivity contribution is 6.01. The molecule has 2 amide bonds. The normalized spacial score (nSPS) is 16.9. The molecule has 7 heteroatoms. The number of nitriles is 1. The standard InChI is InChI=1S/C30H34N4O3/c1-4-18(2)32-29(35)22-12-15-25-26(17-31)28(34(27(25)16-22)24-6-5-7-24)21-10-13-23(14-11-21)33-30(36)37-19(3)20-8-9-20/h10-16,18-20,24H,4-9H2,1-3H3,(H,32,35)(H,33,36)/t18?,19-/m1/s1. The summed E-state index contributed by atoms with van der Waals surface area (Å²) < 4.78 is 7.72. The number of fused-ring (bicyclic) bond motifs is 1. The zero-order chi connectivity index (χ0) is 26.1. The number of carbonyl (C=O) groups excluding carboxylic acids is 2. The highest BCUT2D eigenvalue weighted by Crippen LogP contribution is 2.43. The van der Waals surface area contributed by atoms with Crippen molar-refractivity contribution in [2.24, 2.45) is 5.92 Å². The SMILES string of the molecule is CCC(C)NC(=O)c1ccc2c(C#N)c(-c3ccc(NC(=O)O[C@H](C)C4CC4)cc3)n(C3CCC3)c2c1. The van der Waals surface area contributed by atoms with E-state index in [2.05, 4.69) is 21.3 Å². The molecule has 2 fully saturated rings. The summed E-state index contributed by atoms with van der Waals surface area (Å²) in [5.74, 6) is 0.378. The van der Waals surface area contributed by atoms with Gasteiger partial charge in [0.1, 0.15) is 12.2 Å². The van der Waals surface area contributed by atoms with Gasteiger partial charge in [0, 0.05) is 28.7 Å². The first-order valence-electron chi connectivity index (χ1n) is 13.4. The number of ether oxygens (including phenoxy) is 1. The van der Waals surface area contributed by atoms with E-state index in [0.29, 0.717) is 22.7 Å². The number of hydrogen-bond acceptors (Lipinski definition) is 4. The molecule has 0 bridgehead atoms. The second-order valence-corrected chi connectivity index (χ2v) is 10.5. The summed E-state index contributed by atoms with van der Waals surface area (Å²) in [5, 5.41) is 16.9. The molecule has 37 heavy (non-hydrogen) atoms. The predicted octanol–water partition coefficient (Wildman–Crippen LogP) is 6.78. The Bertz CT molecular complexity index is 1360. The predicted molar refractivity (Wildman–Crippen MR) is 144 cm³/mol. The van der Waals surface area contributed by atoms with Crippen molar-refractivity contribution in [3.8, 4) is 17.3 Å². The lowest BCUT2D eigenvalue weighted by atomic mass is 9.92. The van der Waals surface area contributed by atoms with Crippen LogP contribution in [-0.2, 0) is 4.74 Å². The molecule has 1 aromatic heterocycles. The van der Waals surface area contributed by atoms with Gasteiger partial charge in [-0.05, 0) is 88.1 Å². The van der Waals surface area contributed by atoms with Crippen molar-refractivity contribution >= 4 is 28.6 Å². The Hall–Kier alpha value is -3.79. The van der Waals surface area contributed by atoms with Gasteiger partial charge in [0.15, 0.2) is 0 Å². The molecule has 0 aliphatic heterocycles. The van der Waals surface area contributed by atoms with Gasteiger partial charge in [0.25, 0.3) is 5.91 Å². The minimum atomic E-state index is -0.448. The minimum Gasteiger partial charge on any atom is -0.446 e. The fourth-order valence-electron chi connectivity index (χ4n) is 4.97. The van der Waals surface area contributed by atoms with E-state index in [9.17, 15) is 14.9 Å². The summed E-state index contributed by atoms with van der Waals surface area (Å²) in [5.41, 5.74) is 4.52. The zero-order valence-corrected chi connectivity index (χ0v) is 21.7. The Morgan fingerprint density at radius 3 is 2.43 bits per heavy atom. The first-order chi connectivity index (χ1) is 17.9. The number of anilines is 1. The Labute approximate surface area is 217 Å². The van der Waals surface area contributed by atoms with Crippen molar-refractivity contribution in [1.82, 2.24) is 9.88 Å². The van der Waals surface area contributed by atoms with Crippen LogP contribution in [0.25, 0.3) is 22.2 Å². The minimum absolute atomic E-state index is 0.0761. The molecule has 0 spiro atoms. The molecule has 2 N–H and O–H groups in total. The van der Waals surface area contributed by atoms with Crippen LogP contribution in [0.1, 0.15) is 81.3 Å². The van der Waals surface area contributed by atoms with Crippen LogP contribution in [0, 0.1) is 17.2 Å². The Morgan fingerprint density at radius 1 is 1.11 bits per heavy atom. The number of carbonyl (C=O) groups is 2. The summed E-state index contributed by atoms with van der Waals surface area (Å²) in [6, 6.07) is 16.0. The third-order valence-electron chi connectivity index (χ3n) is 7.79. The van der Waals surface area contributed by atoms with E-state index >= 15 is 0 Å². The monoisotopic (exact) mass is 498 g/mol. The van der Waals surface area contributed by atoms with Crippen LogP contribution < -0.4 is 10.6 Å². The lowest BCUT2D eigenvalue weighted by Crippen LogP contribution is -2.31. The van der Waals surface area contributed by atoms with Crippen LogP contribution in [0.2, 0.25) is 0 Å². The van der Waals surface area contributed by atoms with Crippen molar-refractivity contribution < 1.29 is 14.3 Å². The molecule has 2 aromatic carbocycles. The van der Waals surface area contributed by atoms with Gasteiger partial charge in [-0.1, -0.05) is 25.1 Å².